The van der Waals surface area contributed by atoms with Crippen LogP contribution >= 0.6 is 11.3 Å². The van der Waals surface area contributed by atoms with Gasteiger partial charge in [-0.3, -0.25) is 4.99 Å². The van der Waals surface area contributed by atoms with E-state index in [1.54, 1.807) is 25.5 Å². The Morgan fingerprint density at radius 1 is 1.29 bits per heavy atom. The maximum Gasteiger partial charge on any atom is 0.193 e. The number of guanidine groups is 1. The molecular formula is C16H21N3OS. The summed E-state index contributed by atoms with van der Waals surface area (Å²) in [7, 11) is 5.52. The minimum atomic E-state index is 0.744. The number of nitrogens with one attached hydrogen (secondary N) is 1. The number of methoxy groups -OCH3 is 1. The number of aliphatic imine (C=N–C) groups is 1. The summed E-state index contributed by atoms with van der Waals surface area (Å²) in [6.45, 7) is 1.54. The summed E-state index contributed by atoms with van der Waals surface area (Å²) in [6.07, 6.45) is 0. The van der Waals surface area contributed by atoms with Crippen LogP contribution in [0.2, 0.25) is 0 Å². The molecule has 0 aliphatic heterocycles. The Hall–Kier alpha value is -2.01. The minimum Gasteiger partial charge on any atom is -0.496 e. The second-order valence-corrected chi connectivity index (χ2v) is 5.68. The molecule has 112 valence electrons. The van der Waals surface area contributed by atoms with E-state index in [2.05, 4.69) is 38.8 Å². The molecule has 1 aromatic heterocycles. The molecule has 21 heavy (non-hydrogen) atoms. The van der Waals surface area contributed by atoms with E-state index in [-0.39, 0.29) is 0 Å². The Labute approximate surface area is 130 Å². The average Bonchev–Trinajstić information content (AvgIpc) is 3.02. The Morgan fingerprint density at radius 3 is 2.76 bits per heavy atom. The van der Waals surface area contributed by atoms with Gasteiger partial charge >= 0.3 is 0 Å². The van der Waals surface area contributed by atoms with E-state index in [0.717, 1.165) is 30.4 Å². The molecule has 0 amide bonds. The molecule has 0 spiro atoms. The maximum atomic E-state index is 5.39. The SMILES string of the molecule is CN=C(NCc1cccs1)N(C)Cc1ccccc1OC. The van der Waals surface area contributed by atoms with Crippen molar-refractivity contribution in [1.82, 2.24) is 10.2 Å². The first kappa shape index (κ1) is 15.4. The van der Waals surface area contributed by atoms with Gasteiger partial charge in [-0.15, -0.1) is 11.3 Å². The van der Waals surface area contributed by atoms with E-state index < -0.39 is 0 Å². The third kappa shape index (κ3) is 4.23. The van der Waals surface area contributed by atoms with Crippen molar-refractivity contribution >= 4 is 17.3 Å². The van der Waals surface area contributed by atoms with Crippen molar-refractivity contribution in [2.45, 2.75) is 13.1 Å². The van der Waals surface area contributed by atoms with Gasteiger partial charge in [0.2, 0.25) is 0 Å². The van der Waals surface area contributed by atoms with Gasteiger partial charge in [-0.25, -0.2) is 0 Å². The smallest absolute Gasteiger partial charge is 0.193 e. The highest BCUT2D eigenvalue weighted by molar-refractivity contribution is 7.09. The zero-order valence-electron chi connectivity index (χ0n) is 12.7. The number of hydrogen-bond donors (Lipinski definition) is 1. The van der Waals surface area contributed by atoms with Gasteiger partial charge in [0.25, 0.3) is 0 Å². The van der Waals surface area contributed by atoms with Gasteiger partial charge in [0.15, 0.2) is 5.96 Å². The third-order valence-corrected chi connectivity index (χ3v) is 4.05. The van der Waals surface area contributed by atoms with E-state index in [9.17, 15) is 0 Å². The summed E-state index contributed by atoms with van der Waals surface area (Å²) in [5.41, 5.74) is 1.14. The van der Waals surface area contributed by atoms with Crippen LogP contribution in [0, 0.1) is 0 Å². The Kier molecular flexibility index (Phi) is 5.63. The first-order valence-electron chi connectivity index (χ1n) is 6.80. The van der Waals surface area contributed by atoms with Crippen molar-refractivity contribution in [3.63, 3.8) is 0 Å². The van der Waals surface area contributed by atoms with Crippen molar-refractivity contribution in [3.8, 4) is 5.75 Å². The molecule has 0 radical (unpaired) electrons. The molecule has 0 saturated carbocycles. The number of hydrogen-bond acceptors (Lipinski definition) is 3. The molecule has 0 fully saturated rings. The predicted molar refractivity (Wildman–Crippen MR) is 89.0 cm³/mol. The molecule has 0 atom stereocenters. The van der Waals surface area contributed by atoms with Gasteiger partial charge in [0, 0.05) is 31.1 Å². The van der Waals surface area contributed by atoms with Crippen LogP contribution in [0.25, 0.3) is 0 Å². The molecule has 0 saturated heterocycles. The van der Waals surface area contributed by atoms with Gasteiger partial charge in [-0.2, -0.15) is 0 Å². The molecule has 0 bridgehead atoms. The first-order valence-corrected chi connectivity index (χ1v) is 7.68. The van der Waals surface area contributed by atoms with Crippen molar-refractivity contribution < 1.29 is 4.74 Å². The molecule has 0 unspecified atom stereocenters. The molecular weight excluding hydrogens is 282 g/mol. The summed E-state index contributed by atoms with van der Waals surface area (Å²) in [6, 6.07) is 12.2. The van der Waals surface area contributed by atoms with Crippen LogP contribution in [0.1, 0.15) is 10.4 Å². The first-order chi connectivity index (χ1) is 10.2. The lowest BCUT2D eigenvalue weighted by atomic mass is 10.2. The molecule has 1 N–H and O–H groups in total. The van der Waals surface area contributed by atoms with Crippen LogP contribution in [-0.4, -0.2) is 32.1 Å². The molecule has 0 aliphatic rings. The van der Waals surface area contributed by atoms with E-state index in [0.29, 0.717) is 0 Å². The van der Waals surface area contributed by atoms with Crippen LogP contribution in [-0.2, 0) is 13.1 Å². The van der Waals surface area contributed by atoms with Gasteiger partial charge in [-0.05, 0) is 17.5 Å². The van der Waals surface area contributed by atoms with Crippen molar-refractivity contribution in [1.29, 1.82) is 0 Å². The summed E-state index contributed by atoms with van der Waals surface area (Å²) in [5.74, 6) is 1.77. The van der Waals surface area contributed by atoms with Gasteiger partial charge in [0.05, 0.1) is 13.7 Å². The summed E-state index contributed by atoms with van der Waals surface area (Å²) in [5, 5.41) is 5.46. The predicted octanol–water partition coefficient (Wildman–Crippen LogP) is 2.96. The monoisotopic (exact) mass is 303 g/mol. The fourth-order valence-electron chi connectivity index (χ4n) is 2.13. The van der Waals surface area contributed by atoms with E-state index in [1.807, 2.05) is 25.2 Å². The number of thiophene rings is 1. The van der Waals surface area contributed by atoms with Gasteiger partial charge < -0.3 is 15.0 Å². The zero-order valence-corrected chi connectivity index (χ0v) is 13.5. The number of rotatable bonds is 5. The van der Waals surface area contributed by atoms with Gasteiger partial charge in [0.1, 0.15) is 5.75 Å². The van der Waals surface area contributed by atoms with Crippen LogP contribution in [0.15, 0.2) is 46.8 Å². The topological polar surface area (TPSA) is 36.9 Å². The highest BCUT2D eigenvalue weighted by Crippen LogP contribution is 2.18. The zero-order chi connectivity index (χ0) is 15.1. The average molecular weight is 303 g/mol. The second kappa shape index (κ2) is 7.69. The summed E-state index contributed by atoms with van der Waals surface area (Å²) >= 11 is 1.74. The van der Waals surface area contributed by atoms with Crippen LogP contribution in [0.3, 0.4) is 0 Å². The Bertz CT molecular complexity index is 581. The number of benzene rings is 1. The molecule has 0 aliphatic carbocycles. The summed E-state index contributed by atoms with van der Waals surface area (Å²) < 4.78 is 5.39. The lowest BCUT2D eigenvalue weighted by molar-refractivity contribution is 0.396. The lowest BCUT2D eigenvalue weighted by Gasteiger charge is -2.22. The molecule has 2 rings (SSSR count). The van der Waals surface area contributed by atoms with E-state index in [4.69, 9.17) is 4.74 Å². The van der Waals surface area contributed by atoms with E-state index >= 15 is 0 Å². The molecule has 4 nitrogen and oxygen atoms in total. The van der Waals surface area contributed by atoms with Crippen LogP contribution < -0.4 is 10.1 Å². The van der Waals surface area contributed by atoms with Crippen molar-refractivity contribution in [2.24, 2.45) is 4.99 Å². The number of ether oxygens (including phenoxy) is 1. The Morgan fingerprint density at radius 2 is 2.10 bits per heavy atom. The van der Waals surface area contributed by atoms with Crippen LogP contribution in [0.4, 0.5) is 0 Å². The molecule has 5 heteroatoms. The fraction of sp³-hybridized carbons (Fsp3) is 0.312. The largest absolute Gasteiger partial charge is 0.496 e. The fourth-order valence-corrected chi connectivity index (χ4v) is 2.77. The standard InChI is InChI=1S/C16H21N3OS/c1-17-16(18-11-14-8-6-10-21-14)19(2)12-13-7-4-5-9-15(13)20-3/h4-10H,11-12H2,1-3H3,(H,17,18). The highest BCUT2D eigenvalue weighted by atomic mass is 32.1. The Balaban J connectivity index is 1.98. The van der Waals surface area contributed by atoms with E-state index in [1.165, 1.54) is 4.88 Å². The highest BCUT2D eigenvalue weighted by Gasteiger charge is 2.09. The van der Waals surface area contributed by atoms with Crippen molar-refractivity contribution in [3.05, 3.63) is 52.2 Å². The van der Waals surface area contributed by atoms with Gasteiger partial charge in [-0.1, -0.05) is 24.3 Å². The van der Waals surface area contributed by atoms with Crippen LogP contribution in [0.5, 0.6) is 5.75 Å². The minimum absolute atomic E-state index is 0.744. The molecule has 2 aromatic rings. The summed E-state index contributed by atoms with van der Waals surface area (Å²) in [4.78, 5) is 7.72. The molecule has 1 aromatic carbocycles. The third-order valence-electron chi connectivity index (χ3n) is 3.17. The number of para-hydroxylation sites is 1. The number of nitrogens with zero attached hydrogens (tertiary/aromatic N) is 2. The second-order valence-electron chi connectivity index (χ2n) is 4.65. The lowest BCUT2D eigenvalue weighted by Crippen LogP contribution is -2.37. The van der Waals surface area contributed by atoms with Crippen molar-refractivity contribution in [2.75, 3.05) is 21.2 Å². The quantitative estimate of drug-likeness (QED) is 0.681. The molecule has 1 heterocycles. The normalized spacial score (nSPS) is 11.3. The maximum absolute atomic E-state index is 5.39.